The quantitative estimate of drug-likeness (QED) is 0.889. The third-order valence-corrected chi connectivity index (χ3v) is 4.81. The van der Waals surface area contributed by atoms with Crippen LogP contribution in [0, 0.1) is 6.92 Å². The van der Waals surface area contributed by atoms with Gasteiger partial charge in [-0.15, -0.1) is 0 Å². The Morgan fingerprint density at radius 2 is 2.12 bits per heavy atom. The summed E-state index contributed by atoms with van der Waals surface area (Å²) in [5, 5.41) is 10.8. The molecule has 1 fully saturated rings. The lowest BCUT2D eigenvalue weighted by Gasteiger charge is -2.22. The molecule has 0 saturated heterocycles. The van der Waals surface area contributed by atoms with Gasteiger partial charge in [-0.1, -0.05) is 25.3 Å². The van der Waals surface area contributed by atoms with Gasteiger partial charge in [-0.2, -0.15) is 11.8 Å². The number of hydrogen-bond donors (Lipinski definition) is 1. The van der Waals surface area contributed by atoms with E-state index in [-0.39, 0.29) is 6.10 Å². The first-order valence-corrected chi connectivity index (χ1v) is 7.53. The third kappa shape index (κ3) is 4.00. The van der Waals surface area contributed by atoms with Gasteiger partial charge in [0.2, 0.25) is 0 Å². The van der Waals surface area contributed by atoms with Crippen LogP contribution in [0.2, 0.25) is 0 Å². The molecule has 2 nitrogen and oxygen atoms in total. The highest BCUT2D eigenvalue weighted by Gasteiger charge is 2.16. The highest BCUT2D eigenvalue weighted by atomic mass is 32.2. The van der Waals surface area contributed by atoms with Crippen LogP contribution in [0.4, 0.5) is 0 Å². The Morgan fingerprint density at radius 3 is 2.76 bits per heavy atom. The van der Waals surface area contributed by atoms with Crippen LogP contribution in [0.5, 0.6) is 0 Å². The molecule has 0 radical (unpaired) electrons. The fourth-order valence-corrected chi connectivity index (χ4v) is 3.55. The smallest absolute Gasteiger partial charge is 0.0895 e. The van der Waals surface area contributed by atoms with E-state index in [1.807, 2.05) is 30.8 Å². The van der Waals surface area contributed by atoms with E-state index in [1.165, 1.54) is 32.1 Å². The number of nitrogens with zero attached hydrogens (tertiary/aromatic N) is 1. The molecule has 1 aliphatic carbocycles. The second-order valence-corrected chi connectivity index (χ2v) is 6.18. The van der Waals surface area contributed by atoms with E-state index in [9.17, 15) is 5.11 Å². The second kappa shape index (κ2) is 6.41. The lowest BCUT2D eigenvalue weighted by molar-refractivity contribution is 0.203. The largest absolute Gasteiger partial charge is 0.387 e. The fourth-order valence-electron chi connectivity index (χ4n) is 2.23. The molecule has 0 bridgehead atoms. The summed E-state index contributed by atoms with van der Waals surface area (Å²) in [4.78, 5) is 4.23. The van der Waals surface area contributed by atoms with Gasteiger partial charge in [0.05, 0.1) is 6.10 Å². The number of pyridine rings is 1. The SMILES string of the molecule is Cc1ccc(C(O)CSC2CCCCC2)cn1. The Morgan fingerprint density at radius 1 is 1.35 bits per heavy atom. The van der Waals surface area contributed by atoms with Crippen LogP contribution in [0.3, 0.4) is 0 Å². The Kier molecular flexibility index (Phi) is 4.86. The van der Waals surface area contributed by atoms with Gasteiger partial charge in [-0.3, -0.25) is 4.98 Å². The highest BCUT2D eigenvalue weighted by Crippen LogP contribution is 2.30. The molecule has 1 aromatic rings. The molecule has 0 amide bonds. The molecule has 1 heterocycles. The summed E-state index contributed by atoms with van der Waals surface area (Å²) in [5.74, 6) is 0.801. The summed E-state index contributed by atoms with van der Waals surface area (Å²) in [6, 6.07) is 3.94. The lowest BCUT2D eigenvalue weighted by atomic mass is 10.0. The molecule has 1 saturated carbocycles. The Bertz CT molecular complexity index is 333. The van der Waals surface area contributed by atoms with Crippen LogP contribution in [0.1, 0.15) is 49.5 Å². The Hall–Kier alpha value is -0.540. The van der Waals surface area contributed by atoms with Gasteiger partial charge in [-0.25, -0.2) is 0 Å². The first-order valence-electron chi connectivity index (χ1n) is 6.48. The van der Waals surface area contributed by atoms with Crippen molar-refractivity contribution >= 4 is 11.8 Å². The van der Waals surface area contributed by atoms with Crippen LogP contribution in [0.15, 0.2) is 18.3 Å². The highest BCUT2D eigenvalue weighted by molar-refractivity contribution is 7.99. The zero-order valence-corrected chi connectivity index (χ0v) is 11.2. The van der Waals surface area contributed by atoms with Crippen LogP contribution in [-0.4, -0.2) is 21.1 Å². The number of aliphatic hydroxyl groups excluding tert-OH is 1. The summed E-state index contributed by atoms with van der Waals surface area (Å²) < 4.78 is 0. The van der Waals surface area contributed by atoms with Gasteiger partial charge in [0.25, 0.3) is 0 Å². The maximum absolute atomic E-state index is 10.1. The van der Waals surface area contributed by atoms with Crippen molar-refractivity contribution in [3.05, 3.63) is 29.6 Å². The number of thioether (sulfide) groups is 1. The minimum absolute atomic E-state index is 0.366. The minimum atomic E-state index is -0.366. The van der Waals surface area contributed by atoms with Crippen molar-refractivity contribution in [1.82, 2.24) is 4.98 Å². The molecule has 2 rings (SSSR count). The number of aliphatic hydroxyl groups is 1. The Balaban J connectivity index is 1.80. The van der Waals surface area contributed by atoms with Gasteiger partial charge in [0.15, 0.2) is 0 Å². The molecule has 1 unspecified atom stereocenters. The number of hydrogen-bond acceptors (Lipinski definition) is 3. The molecule has 1 N–H and O–H groups in total. The van der Waals surface area contributed by atoms with E-state index in [2.05, 4.69) is 4.98 Å². The van der Waals surface area contributed by atoms with Crippen molar-refractivity contribution in [2.75, 3.05) is 5.75 Å². The molecule has 94 valence electrons. The van der Waals surface area contributed by atoms with Gasteiger partial charge >= 0.3 is 0 Å². The lowest BCUT2D eigenvalue weighted by Crippen LogP contribution is -2.11. The molecular weight excluding hydrogens is 230 g/mol. The van der Waals surface area contributed by atoms with E-state index in [1.54, 1.807) is 6.20 Å². The van der Waals surface area contributed by atoms with E-state index in [4.69, 9.17) is 0 Å². The zero-order chi connectivity index (χ0) is 12.1. The van der Waals surface area contributed by atoms with Gasteiger partial charge < -0.3 is 5.11 Å². The molecule has 1 aromatic heterocycles. The first-order chi connectivity index (χ1) is 8.25. The van der Waals surface area contributed by atoms with Crippen molar-refractivity contribution in [2.24, 2.45) is 0 Å². The monoisotopic (exact) mass is 251 g/mol. The Labute approximate surface area is 108 Å². The van der Waals surface area contributed by atoms with Gasteiger partial charge in [0.1, 0.15) is 0 Å². The van der Waals surface area contributed by atoms with Gasteiger partial charge in [-0.05, 0) is 31.4 Å². The average Bonchev–Trinajstić information content (AvgIpc) is 2.38. The van der Waals surface area contributed by atoms with Crippen molar-refractivity contribution in [1.29, 1.82) is 0 Å². The molecule has 1 aliphatic rings. The molecular formula is C14H21NOS. The van der Waals surface area contributed by atoms with Gasteiger partial charge in [0, 0.05) is 22.9 Å². The molecule has 1 atom stereocenters. The summed E-state index contributed by atoms with van der Waals surface area (Å²) in [6.45, 7) is 1.97. The first kappa shape index (κ1) is 12.9. The molecule has 0 aliphatic heterocycles. The molecule has 0 spiro atoms. The number of aromatic nitrogens is 1. The van der Waals surface area contributed by atoms with Crippen LogP contribution < -0.4 is 0 Å². The zero-order valence-electron chi connectivity index (χ0n) is 10.4. The maximum Gasteiger partial charge on any atom is 0.0895 e. The summed E-state index contributed by atoms with van der Waals surface area (Å²) in [6.07, 6.45) is 8.19. The van der Waals surface area contributed by atoms with Crippen molar-refractivity contribution in [2.45, 2.75) is 50.4 Å². The standard InChI is InChI=1S/C14H21NOS/c1-11-7-8-12(9-15-11)14(16)10-17-13-5-3-2-4-6-13/h7-9,13-14,16H,2-6,10H2,1H3. The van der Waals surface area contributed by atoms with Crippen LogP contribution in [0.25, 0.3) is 0 Å². The van der Waals surface area contributed by atoms with Crippen LogP contribution >= 0.6 is 11.8 Å². The number of rotatable bonds is 4. The molecule has 17 heavy (non-hydrogen) atoms. The summed E-state index contributed by atoms with van der Waals surface area (Å²) in [5.41, 5.74) is 1.94. The molecule has 0 aromatic carbocycles. The predicted octanol–water partition coefficient (Wildman–Crippen LogP) is 3.49. The summed E-state index contributed by atoms with van der Waals surface area (Å²) >= 11 is 1.93. The van der Waals surface area contributed by atoms with E-state index >= 15 is 0 Å². The predicted molar refractivity (Wildman–Crippen MR) is 73.3 cm³/mol. The maximum atomic E-state index is 10.1. The van der Waals surface area contributed by atoms with E-state index in [0.717, 1.165) is 22.3 Å². The van der Waals surface area contributed by atoms with E-state index in [0.29, 0.717) is 0 Å². The van der Waals surface area contributed by atoms with Crippen molar-refractivity contribution in [3.63, 3.8) is 0 Å². The van der Waals surface area contributed by atoms with E-state index < -0.39 is 0 Å². The normalized spacial score (nSPS) is 19.2. The third-order valence-electron chi connectivity index (χ3n) is 3.36. The van der Waals surface area contributed by atoms with Crippen molar-refractivity contribution in [3.8, 4) is 0 Å². The minimum Gasteiger partial charge on any atom is -0.387 e. The second-order valence-electron chi connectivity index (χ2n) is 4.84. The van der Waals surface area contributed by atoms with Crippen molar-refractivity contribution < 1.29 is 5.11 Å². The van der Waals surface area contributed by atoms with Crippen LogP contribution in [-0.2, 0) is 0 Å². The molecule has 3 heteroatoms. The summed E-state index contributed by atoms with van der Waals surface area (Å²) in [7, 11) is 0. The fraction of sp³-hybridized carbons (Fsp3) is 0.643. The topological polar surface area (TPSA) is 33.1 Å². The average molecular weight is 251 g/mol. The number of aryl methyl sites for hydroxylation is 1.